The quantitative estimate of drug-likeness (QED) is 0.644. The highest BCUT2D eigenvalue weighted by atomic mass is 16.5. The van der Waals surface area contributed by atoms with Crippen molar-refractivity contribution in [2.24, 2.45) is 0 Å². The summed E-state index contributed by atoms with van der Waals surface area (Å²) in [5.74, 6) is 0.662. The highest BCUT2D eigenvalue weighted by Gasteiger charge is 2.27. The maximum atomic E-state index is 9.93. The van der Waals surface area contributed by atoms with Crippen LogP contribution in [0.1, 0.15) is 36.1 Å². The van der Waals surface area contributed by atoms with Gasteiger partial charge in [-0.15, -0.1) is 0 Å². The molecule has 0 aliphatic rings. The van der Waals surface area contributed by atoms with Crippen molar-refractivity contribution in [3.05, 3.63) is 70.8 Å². The summed E-state index contributed by atoms with van der Waals surface area (Å²) in [5.41, 5.74) is 4.70. The summed E-state index contributed by atoms with van der Waals surface area (Å²) < 4.78 is 5.43. The van der Waals surface area contributed by atoms with E-state index in [9.17, 15) is 5.26 Å². The lowest BCUT2D eigenvalue weighted by molar-refractivity contribution is 0.395. The molecule has 1 heterocycles. The van der Waals surface area contributed by atoms with Crippen molar-refractivity contribution in [2.45, 2.75) is 39.0 Å². The number of nitrogens with zero attached hydrogens (tertiary/aromatic N) is 2. The van der Waals surface area contributed by atoms with Crippen LogP contribution in [-0.2, 0) is 18.3 Å². The maximum absolute atomic E-state index is 9.93. The summed E-state index contributed by atoms with van der Waals surface area (Å²) in [6.07, 6.45) is 1.54. The van der Waals surface area contributed by atoms with Gasteiger partial charge in [-0.25, -0.2) is 4.98 Å². The van der Waals surface area contributed by atoms with E-state index in [-0.39, 0.29) is 0 Å². The van der Waals surface area contributed by atoms with Crippen molar-refractivity contribution in [3.63, 3.8) is 0 Å². The smallest absolute Gasteiger partial charge is 0.216 e. The van der Waals surface area contributed by atoms with Gasteiger partial charge in [-0.3, -0.25) is 0 Å². The summed E-state index contributed by atoms with van der Waals surface area (Å²) >= 11 is 0. The molecule has 0 saturated heterocycles. The van der Waals surface area contributed by atoms with E-state index in [0.717, 1.165) is 28.5 Å². The minimum Gasteiger partial charge on any atom is -0.481 e. The fourth-order valence-electron chi connectivity index (χ4n) is 3.40. The van der Waals surface area contributed by atoms with Crippen LogP contribution in [0.2, 0.25) is 0 Å². The number of benzene rings is 2. The van der Waals surface area contributed by atoms with Crippen molar-refractivity contribution in [1.29, 1.82) is 5.26 Å². The number of hydrogen-bond donors (Lipinski definition) is 0. The van der Waals surface area contributed by atoms with E-state index >= 15 is 0 Å². The molecule has 132 valence electrons. The fraction of sp³-hybridized carbons (Fsp3) is 0.304. The Hall–Kier alpha value is -2.86. The molecule has 2 aromatic carbocycles. The van der Waals surface area contributed by atoms with E-state index in [1.54, 1.807) is 7.11 Å². The second-order valence-corrected chi connectivity index (χ2v) is 7.03. The zero-order valence-electron chi connectivity index (χ0n) is 15.8. The first-order valence-corrected chi connectivity index (χ1v) is 8.94. The van der Waals surface area contributed by atoms with Gasteiger partial charge in [0.1, 0.15) is 0 Å². The summed E-state index contributed by atoms with van der Waals surface area (Å²) in [6.45, 7) is 6.16. The number of rotatable bonds is 5. The molecule has 0 amide bonds. The van der Waals surface area contributed by atoms with E-state index in [4.69, 9.17) is 4.74 Å². The highest BCUT2D eigenvalue weighted by Crippen LogP contribution is 2.31. The summed E-state index contributed by atoms with van der Waals surface area (Å²) in [5, 5.41) is 11.0. The molecule has 0 N–H and O–H groups in total. The number of hydrogen-bond acceptors (Lipinski definition) is 3. The monoisotopic (exact) mass is 344 g/mol. The molecule has 0 saturated carbocycles. The number of aromatic nitrogens is 1. The van der Waals surface area contributed by atoms with E-state index in [1.165, 1.54) is 11.1 Å². The van der Waals surface area contributed by atoms with E-state index in [2.05, 4.69) is 61.3 Å². The molecule has 1 unspecified atom stereocenters. The first-order valence-electron chi connectivity index (χ1n) is 8.94. The predicted octanol–water partition coefficient (Wildman–Crippen LogP) is 5.14. The molecule has 3 rings (SSSR count). The van der Waals surface area contributed by atoms with Crippen LogP contribution in [0, 0.1) is 18.3 Å². The van der Waals surface area contributed by atoms with E-state index in [0.29, 0.717) is 12.3 Å². The van der Waals surface area contributed by atoms with Gasteiger partial charge in [-0.05, 0) is 49.9 Å². The minimum absolute atomic E-state index is 0.611. The molecule has 1 atom stereocenters. The van der Waals surface area contributed by atoms with Gasteiger partial charge in [0.25, 0.3) is 0 Å². The normalized spacial score (nSPS) is 13.2. The number of methoxy groups -OCH3 is 1. The third kappa shape index (κ3) is 3.41. The fourth-order valence-corrected chi connectivity index (χ4v) is 3.40. The van der Waals surface area contributed by atoms with Gasteiger partial charge in [-0.1, -0.05) is 48.9 Å². The highest BCUT2D eigenvalue weighted by molar-refractivity contribution is 5.81. The lowest BCUT2D eigenvalue weighted by Crippen LogP contribution is -2.23. The number of nitriles is 1. The Balaban J connectivity index is 2.05. The Bertz CT molecular complexity index is 987. The van der Waals surface area contributed by atoms with Crippen LogP contribution in [0.4, 0.5) is 0 Å². The Morgan fingerprint density at radius 1 is 1.15 bits per heavy atom. The molecular formula is C23H24N2O. The van der Waals surface area contributed by atoms with Gasteiger partial charge in [0.15, 0.2) is 0 Å². The van der Waals surface area contributed by atoms with Crippen LogP contribution in [0.15, 0.2) is 48.5 Å². The number of aryl methyl sites for hydroxylation is 2. The Morgan fingerprint density at radius 2 is 1.96 bits per heavy atom. The first kappa shape index (κ1) is 17.9. The van der Waals surface area contributed by atoms with E-state index in [1.807, 2.05) is 19.1 Å². The third-order valence-electron chi connectivity index (χ3n) is 4.96. The van der Waals surface area contributed by atoms with Crippen molar-refractivity contribution in [3.8, 4) is 11.9 Å². The van der Waals surface area contributed by atoms with Gasteiger partial charge in [0.2, 0.25) is 5.88 Å². The zero-order valence-corrected chi connectivity index (χ0v) is 15.8. The summed E-state index contributed by atoms with van der Waals surface area (Å²) in [4.78, 5) is 4.66. The molecule has 0 fully saturated rings. The second kappa shape index (κ2) is 7.17. The average Bonchev–Trinajstić information content (AvgIpc) is 2.66. The molecule has 3 heteroatoms. The summed E-state index contributed by atoms with van der Waals surface area (Å²) in [7, 11) is 1.65. The topological polar surface area (TPSA) is 45.9 Å². The molecule has 3 aromatic rings. The van der Waals surface area contributed by atoms with E-state index < -0.39 is 5.41 Å². The maximum Gasteiger partial charge on any atom is 0.216 e. The number of pyridine rings is 1. The van der Waals surface area contributed by atoms with Crippen LogP contribution in [0.3, 0.4) is 0 Å². The molecule has 26 heavy (non-hydrogen) atoms. The summed E-state index contributed by atoms with van der Waals surface area (Å²) in [6, 6.07) is 19.1. The van der Waals surface area contributed by atoms with Gasteiger partial charge < -0.3 is 4.74 Å². The number of fused-ring (bicyclic) bond motifs is 1. The van der Waals surface area contributed by atoms with Crippen LogP contribution in [0.5, 0.6) is 5.88 Å². The first-order chi connectivity index (χ1) is 12.5. The molecule has 1 aromatic heterocycles. The van der Waals surface area contributed by atoms with Crippen LogP contribution < -0.4 is 4.74 Å². The Morgan fingerprint density at radius 3 is 2.62 bits per heavy atom. The molecule has 0 spiro atoms. The van der Waals surface area contributed by atoms with Crippen molar-refractivity contribution in [1.82, 2.24) is 4.98 Å². The zero-order chi connectivity index (χ0) is 18.7. The molecule has 0 aliphatic carbocycles. The van der Waals surface area contributed by atoms with Crippen molar-refractivity contribution >= 4 is 10.9 Å². The molecule has 0 aliphatic heterocycles. The lowest BCUT2D eigenvalue weighted by atomic mass is 9.78. The van der Waals surface area contributed by atoms with Crippen LogP contribution >= 0.6 is 0 Å². The predicted molar refractivity (Wildman–Crippen MR) is 106 cm³/mol. The Kier molecular flexibility index (Phi) is 4.95. The molecule has 3 nitrogen and oxygen atoms in total. The third-order valence-corrected chi connectivity index (χ3v) is 4.96. The minimum atomic E-state index is -0.611. The van der Waals surface area contributed by atoms with Crippen molar-refractivity contribution < 1.29 is 4.74 Å². The van der Waals surface area contributed by atoms with Crippen LogP contribution in [-0.4, -0.2) is 12.1 Å². The SMILES string of the molecule is CCc1cc2ccc(C(C)(C#N)Cc3cccc(C)c3)cc2nc1OC. The standard InChI is InChI=1S/C23H24N2O/c1-5-18-12-19-9-10-20(13-21(19)25-22(18)26-4)23(3,15-24)14-17-8-6-7-16(2)11-17/h6-13H,5,14H2,1-4H3. The van der Waals surface area contributed by atoms with Gasteiger partial charge >= 0.3 is 0 Å². The number of ether oxygens (including phenoxy) is 1. The molecular weight excluding hydrogens is 320 g/mol. The van der Waals surface area contributed by atoms with Crippen LogP contribution in [0.25, 0.3) is 10.9 Å². The Labute approximate surface area is 155 Å². The molecule has 0 bridgehead atoms. The van der Waals surface area contributed by atoms with Gasteiger partial charge in [0, 0.05) is 10.9 Å². The van der Waals surface area contributed by atoms with Crippen molar-refractivity contribution in [2.75, 3.05) is 7.11 Å². The average molecular weight is 344 g/mol. The van der Waals surface area contributed by atoms with Gasteiger partial charge in [0.05, 0.1) is 24.1 Å². The largest absolute Gasteiger partial charge is 0.481 e. The lowest BCUT2D eigenvalue weighted by Gasteiger charge is -2.23. The van der Waals surface area contributed by atoms with Gasteiger partial charge in [-0.2, -0.15) is 5.26 Å². The second-order valence-electron chi connectivity index (χ2n) is 7.03. The molecule has 0 radical (unpaired) electrons.